The fraction of sp³-hybridized carbons (Fsp3) is 0.136. The molecule has 5 rings (SSSR count). The SMILES string of the molecule is Cc1ccc2c(c1C)C(=O)OC21c2ccc(O)cc2Oc2cc(OS(=O)(=O)O)ccc21. The Morgan fingerprint density at radius 1 is 0.935 bits per heavy atom. The number of ether oxygens (including phenoxy) is 2. The third kappa shape index (κ3) is 2.77. The average molecular weight is 440 g/mol. The molecule has 1 unspecified atom stereocenters. The van der Waals surface area contributed by atoms with Gasteiger partial charge in [0.2, 0.25) is 0 Å². The first kappa shape index (κ1) is 19.4. The predicted octanol–water partition coefficient (Wildman–Crippen LogP) is 3.76. The quantitative estimate of drug-likeness (QED) is 0.457. The van der Waals surface area contributed by atoms with Crippen LogP contribution in [0.5, 0.6) is 23.0 Å². The van der Waals surface area contributed by atoms with Gasteiger partial charge in [0.15, 0.2) is 5.60 Å². The molecule has 1 spiro atoms. The number of benzene rings is 3. The first-order chi connectivity index (χ1) is 14.6. The molecular formula is C22H16O8S. The van der Waals surface area contributed by atoms with Gasteiger partial charge in [0.25, 0.3) is 0 Å². The van der Waals surface area contributed by atoms with Gasteiger partial charge in [0.05, 0.1) is 5.56 Å². The second-order valence-electron chi connectivity index (χ2n) is 7.45. The molecule has 31 heavy (non-hydrogen) atoms. The Kier molecular flexibility index (Phi) is 3.90. The number of hydrogen-bond acceptors (Lipinski definition) is 7. The van der Waals surface area contributed by atoms with Crippen molar-refractivity contribution in [1.82, 2.24) is 0 Å². The largest absolute Gasteiger partial charge is 0.508 e. The van der Waals surface area contributed by atoms with Crippen LogP contribution in [0, 0.1) is 13.8 Å². The van der Waals surface area contributed by atoms with Gasteiger partial charge >= 0.3 is 16.4 Å². The van der Waals surface area contributed by atoms with Gasteiger partial charge in [-0.25, -0.2) is 4.79 Å². The van der Waals surface area contributed by atoms with Gasteiger partial charge in [-0.2, -0.15) is 8.42 Å². The molecular weight excluding hydrogens is 424 g/mol. The van der Waals surface area contributed by atoms with Crippen LogP contribution in [0.4, 0.5) is 0 Å². The van der Waals surface area contributed by atoms with Gasteiger partial charge < -0.3 is 18.8 Å². The van der Waals surface area contributed by atoms with E-state index in [4.69, 9.17) is 14.0 Å². The van der Waals surface area contributed by atoms with E-state index in [-0.39, 0.29) is 23.0 Å². The molecule has 2 aliphatic rings. The number of carbonyl (C=O) groups excluding carboxylic acids is 1. The van der Waals surface area contributed by atoms with Crippen LogP contribution in [0.15, 0.2) is 48.5 Å². The van der Waals surface area contributed by atoms with Crippen molar-refractivity contribution in [1.29, 1.82) is 0 Å². The number of hydrogen-bond donors (Lipinski definition) is 2. The van der Waals surface area contributed by atoms with E-state index in [0.717, 1.165) is 11.1 Å². The number of aromatic hydroxyl groups is 1. The number of esters is 1. The molecule has 2 aliphatic heterocycles. The summed E-state index contributed by atoms with van der Waals surface area (Å²) in [5.74, 6) is -0.369. The summed E-state index contributed by atoms with van der Waals surface area (Å²) in [6.07, 6.45) is 0. The molecule has 0 amide bonds. The van der Waals surface area contributed by atoms with Crippen LogP contribution in [0.1, 0.15) is 38.2 Å². The molecule has 0 bridgehead atoms. The van der Waals surface area contributed by atoms with Gasteiger partial charge in [-0.15, -0.1) is 0 Å². The minimum absolute atomic E-state index is 0.0627. The fourth-order valence-electron chi connectivity index (χ4n) is 4.22. The van der Waals surface area contributed by atoms with Crippen molar-refractivity contribution >= 4 is 16.4 Å². The van der Waals surface area contributed by atoms with Crippen LogP contribution >= 0.6 is 0 Å². The Labute approximate surface area is 177 Å². The van der Waals surface area contributed by atoms with Gasteiger partial charge in [-0.1, -0.05) is 12.1 Å². The third-order valence-electron chi connectivity index (χ3n) is 5.66. The molecule has 9 heteroatoms. The summed E-state index contributed by atoms with van der Waals surface area (Å²) >= 11 is 0. The molecule has 0 radical (unpaired) electrons. The standard InChI is InChI=1S/C22H16O8S/c1-11-3-6-17-20(12(11)2)21(24)29-22(17)15-7-4-13(23)9-18(15)28-19-10-14(5-8-16(19)22)30-31(25,26)27/h3-10,23H,1-2H3,(H,25,26,27). The monoisotopic (exact) mass is 440 g/mol. The maximum absolute atomic E-state index is 13.0. The Morgan fingerprint density at radius 2 is 1.58 bits per heavy atom. The van der Waals surface area contributed by atoms with Gasteiger partial charge in [-0.05, 0) is 49.2 Å². The molecule has 158 valence electrons. The lowest BCUT2D eigenvalue weighted by atomic mass is 9.76. The zero-order chi connectivity index (χ0) is 22.1. The lowest BCUT2D eigenvalue weighted by Gasteiger charge is -2.36. The molecule has 0 saturated heterocycles. The van der Waals surface area contributed by atoms with Crippen LogP contribution < -0.4 is 8.92 Å². The number of aryl methyl sites for hydroxylation is 1. The predicted molar refractivity (Wildman–Crippen MR) is 108 cm³/mol. The summed E-state index contributed by atoms with van der Waals surface area (Å²) in [6, 6.07) is 12.3. The van der Waals surface area contributed by atoms with Crippen molar-refractivity contribution in [2.24, 2.45) is 0 Å². The van der Waals surface area contributed by atoms with E-state index in [1.807, 2.05) is 26.0 Å². The van der Waals surface area contributed by atoms with E-state index in [1.54, 1.807) is 6.07 Å². The van der Waals surface area contributed by atoms with Gasteiger partial charge in [-0.3, -0.25) is 4.55 Å². The van der Waals surface area contributed by atoms with E-state index in [9.17, 15) is 18.3 Å². The van der Waals surface area contributed by atoms with Crippen molar-refractivity contribution in [2.75, 3.05) is 0 Å². The molecule has 0 fully saturated rings. The first-order valence-electron chi connectivity index (χ1n) is 9.27. The molecule has 0 aliphatic carbocycles. The fourth-order valence-corrected chi connectivity index (χ4v) is 4.57. The normalized spacial score (nSPS) is 18.6. The summed E-state index contributed by atoms with van der Waals surface area (Å²) in [4.78, 5) is 13.0. The number of carbonyl (C=O) groups is 1. The van der Waals surface area contributed by atoms with Gasteiger partial charge in [0.1, 0.15) is 23.0 Å². The highest BCUT2D eigenvalue weighted by Crippen LogP contribution is 2.57. The van der Waals surface area contributed by atoms with E-state index in [1.165, 1.54) is 30.3 Å². The summed E-state index contributed by atoms with van der Waals surface area (Å²) in [6.45, 7) is 3.74. The minimum Gasteiger partial charge on any atom is -0.508 e. The maximum atomic E-state index is 13.0. The molecule has 2 heterocycles. The van der Waals surface area contributed by atoms with Crippen LogP contribution in [-0.2, 0) is 20.7 Å². The number of phenolic OH excluding ortho intramolecular Hbond substituents is 1. The van der Waals surface area contributed by atoms with Crippen LogP contribution in [0.3, 0.4) is 0 Å². The summed E-state index contributed by atoms with van der Waals surface area (Å²) in [5, 5.41) is 9.98. The summed E-state index contributed by atoms with van der Waals surface area (Å²) in [7, 11) is -4.75. The Bertz CT molecular complexity index is 1390. The van der Waals surface area contributed by atoms with E-state index >= 15 is 0 Å². The number of phenols is 1. The molecule has 1 atom stereocenters. The summed E-state index contributed by atoms with van der Waals surface area (Å²) in [5.41, 5.74) is 2.38. The molecule has 3 aromatic carbocycles. The number of fused-ring (bicyclic) bond motifs is 6. The first-order valence-corrected chi connectivity index (χ1v) is 10.6. The maximum Gasteiger partial charge on any atom is 0.446 e. The van der Waals surface area contributed by atoms with E-state index < -0.39 is 22.0 Å². The second-order valence-corrected chi connectivity index (χ2v) is 8.47. The lowest BCUT2D eigenvalue weighted by molar-refractivity contribution is 0.0224. The Morgan fingerprint density at radius 3 is 2.29 bits per heavy atom. The molecule has 0 saturated carbocycles. The second kappa shape index (κ2) is 6.22. The smallest absolute Gasteiger partial charge is 0.446 e. The van der Waals surface area contributed by atoms with Crippen molar-refractivity contribution in [3.05, 3.63) is 81.9 Å². The lowest BCUT2D eigenvalue weighted by Crippen LogP contribution is -2.33. The zero-order valence-corrected chi connectivity index (χ0v) is 17.2. The van der Waals surface area contributed by atoms with Crippen LogP contribution in [-0.4, -0.2) is 24.0 Å². The third-order valence-corrected chi connectivity index (χ3v) is 6.07. The topological polar surface area (TPSA) is 119 Å². The van der Waals surface area contributed by atoms with Crippen molar-refractivity contribution < 1.29 is 36.5 Å². The van der Waals surface area contributed by atoms with Crippen molar-refractivity contribution in [3.63, 3.8) is 0 Å². The molecule has 3 aromatic rings. The van der Waals surface area contributed by atoms with Gasteiger partial charge in [0, 0.05) is 28.8 Å². The minimum atomic E-state index is -4.75. The van der Waals surface area contributed by atoms with E-state index in [2.05, 4.69) is 4.18 Å². The zero-order valence-electron chi connectivity index (χ0n) is 16.4. The Hall–Kier alpha value is -3.56. The Balaban J connectivity index is 1.83. The van der Waals surface area contributed by atoms with Crippen molar-refractivity contribution in [2.45, 2.75) is 19.4 Å². The molecule has 8 nitrogen and oxygen atoms in total. The molecule has 0 aromatic heterocycles. The van der Waals surface area contributed by atoms with Crippen molar-refractivity contribution in [3.8, 4) is 23.0 Å². The van der Waals surface area contributed by atoms with Crippen LogP contribution in [0.25, 0.3) is 0 Å². The average Bonchev–Trinajstić information content (AvgIpc) is 2.96. The van der Waals surface area contributed by atoms with Crippen LogP contribution in [0.2, 0.25) is 0 Å². The van der Waals surface area contributed by atoms with E-state index in [0.29, 0.717) is 22.3 Å². The molecule has 2 N–H and O–H groups in total. The summed E-state index contributed by atoms with van der Waals surface area (Å²) < 4.78 is 47.7. The number of rotatable bonds is 2. The highest BCUT2D eigenvalue weighted by molar-refractivity contribution is 7.81. The highest BCUT2D eigenvalue weighted by atomic mass is 32.3. The highest BCUT2D eigenvalue weighted by Gasteiger charge is 2.54.